The predicted octanol–water partition coefficient (Wildman–Crippen LogP) is 3.03. The first kappa shape index (κ1) is 14.4. The van der Waals surface area contributed by atoms with E-state index in [0.29, 0.717) is 17.9 Å². The van der Waals surface area contributed by atoms with Crippen molar-refractivity contribution in [2.45, 2.75) is 32.8 Å². The van der Waals surface area contributed by atoms with Crippen LogP contribution in [0.2, 0.25) is 0 Å². The first-order valence-electron chi connectivity index (χ1n) is 6.87. The van der Waals surface area contributed by atoms with E-state index in [9.17, 15) is 4.79 Å². The van der Waals surface area contributed by atoms with Crippen LogP contribution in [0, 0.1) is 0 Å². The molecule has 0 radical (unpaired) electrons. The number of esters is 1. The summed E-state index contributed by atoms with van der Waals surface area (Å²) in [5.41, 5.74) is 1.54. The van der Waals surface area contributed by atoms with Gasteiger partial charge >= 0.3 is 5.97 Å². The number of rotatable bonds is 4. The Morgan fingerprint density at radius 1 is 1.50 bits per heavy atom. The maximum absolute atomic E-state index is 11.9. The van der Waals surface area contributed by atoms with Gasteiger partial charge in [0.2, 0.25) is 0 Å². The largest absolute Gasteiger partial charge is 0.496 e. The Labute approximate surface area is 119 Å². The van der Waals surface area contributed by atoms with Gasteiger partial charge in [-0.1, -0.05) is 6.08 Å². The van der Waals surface area contributed by atoms with Crippen molar-refractivity contribution in [2.75, 3.05) is 13.7 Å². The number of hydrogen-bond donors (Lipinski definition) is 0. The third-order valence-electron chi connectivity index (χ3n) is 3.17. The zero-order chi connectivity index (χ0) is 14.5. The van der Waals surface area contributed by atoms with Gasteiger partial charge in [-0.25, -0.2) is 4.79 Å². The van der Waals surface area contributed by atoms with Gasteiger partial charge in [0.25, 0.3) is 0 Å². The van der Waals surface area contributed by atoms with Crippen molar-refractivity contribution in [1.82, 2.24) is 0 Å². The number of allylic oxidation sites excluding steroid dienone is 3. The van der Waals surface area contributed by atoms with Gasteiger partial charge in [-0.3, -0.25) is 0 Å². The van der Waals surface area contributed by atoms with E-state index in [0.717, 1.165) is 24.2 Å². The molecule has 1 aliphatic carbocycles. The standard InChI is InChI=1S/C16H20O4/c1-4-19-16(17)12-9-11(2)20-15(10-12)13-7-5-6-8-14(13)18-3/h6,8-11H,4-5,7H2,1-3H3. The van der Waals surface area contributed by atoms with Gasteiger partial charge in [-0.05, 0) is 44.9 Å². The zero-order valence-corrected chi connectivity index (χ0v) is 12.1. The van der Waals surface area contributed by atoms with E-state index in [4.69, 9.17) is 14.2 Å². The molecule has 0 spiro atoms. The van der Waals surface area contributed by atoms with Crippen LogP contribution in [0.25, 0.3) is 0 Å². The molecule has 0 fully saturated rings. The number of ether oxygens (including phenoxy) is 3. The highest BCUT2D eigenvalue weighted by Crippen LogP contribution is 2.31. The van der Waals surface area contributed by atoms with Crippen LogP contribution in [0.15, 0.2) is 47.0 Å². The fourth-order valence-electron chi connectivity index (χ4n) is 2.29. The summed E-state index contributed by atoms with van der Waals surface area (Å²) in [6.07, 6.45) is 9.14. The highest BCUT2D eigenvalue weighted by Gasteiger charge is 2.23. The van der Waals surface area contributed by atoms with Crippen molar-refractivity contribution >= 4 is 5.97 Å². The molecule has 4 heteroatoms. The Bertz CT molecular complexity index is 509. The fraction of sp³-hybridized carbons (Fsp3) is 0.438. The van der Waals surface area contributed by atoms with Crippen LogP contribution >= 0.6 is 0 Å². The van der Waals surface area contributed by atoms with Crippen LogP contribution < -0.4 is 0 Å². The van der Waals surface area contributed by atoms with Gasteiger partial charge in [0.15, 0.2) is 0 Å². The van der Waals surface area contributed by atoms with Crippen LogP contribution in [-0.2, 0) is 19.0 Å². The molecular weight excluding hydrogens is 256 g/mol. The average Bonchev–Trinajstić information content (AvgIpc) is 2.46. The predicted molar refractivity (Wildman–Crippen MR) is 75.8 cm³/mol. The second-order valence-corrected chi connectivity index (χ2v) is 4.66. The third kappa shape index (κ3) is 3.13. The van der Waals surface area contributed by atoms with Crippen molar-refractivity contribution in [1.29, 1.82) is 0 Å². The SMILES string of the molecule is CCOC(=O)C1=CC(C)OC(C2=C(OC)C=CCC2)=C1. The smallest absolute Gasteiger partial charge is 0.338 e. The lowest BCUT2D eigenvalue weighted by Gasteiger charge is -2.24. The molecule has 0 bridgehead atoms. The van der Waals surface area contributed by atoms with Gasteiger partial charge in [0, 0.05) is 5.57 Å². The number of carbonyl (C=O) groups excluding carboxylic acids is 1. The summed E-state index contributed by atoms with van der Waals surface area (Å²) in [6, 6.07) is 0. The minimum Gasteiger partial charge on any atom is -0.496 e. The molecule has 0 saturated heterocycles. The maximum Gasteiger partial charge on any atom is 0.338 e. The summed E-state index contributed by atoms with van der Waals surface area (Å²) in [7, 11) is 1.64. The molecule has 2 aliphatic rings. The molecule has 0 aromatic carbocycles. The molecule has 0 saturated carbocycles. The number of methoxy groups -OCH3 is 1. The van der Waals surface area contributed by atoms with Crippen molar-refractivity contribution < 1.29 is 19.0 Å². The Kier molecular flexibility index (Phi) is 4.66. The second kappa shape index (κ2) is 6.46. The zero-order valence-electron chi connectivity index (χ0n) is 12.1. The Morgan fingerprint density at radius 3 is 3.00 bits per heavy atom. The Morgan fingerprint density at radius 2 is 2.30 bits per heavy atom. The second-order valence-electron chi connectivity index (χ2n) is 4.66. The van der Waals surface area contributed by atoms with Crippen LogP contribution in [0.3, 0.4) is 0 Å². The number of carbonyl (C=O) groups is 1. The van der Waals surface area contributed by atoms with E-state index >= 15 is 0 Å². The normalized spacial score (nSPS) is 21.9. The van der Waals surface area contributed by atoms with Crippen molar-refractivity contribution in [3.05, 3.63) is 47.0 Å². The lowest BCUT2D eigenvalue weighted by molar-refractivity contribution is -0.138. The Hall–Kier alpha value is -1.97. The van der Waals surface area contributed by atoms with Crippen LogP contribution in [0.1, 0.15) is 26.7 Å². The van der Waals surface area contributed by atoms with Crippen molar-refractivity contribution in [3.8, 4) is 0 Å². The topological polar surface area (TPSA) is 44.8 Å². The lowest BCUT2D eigenvalue weighted by atomic mass is 9.98. The van der Waals surface area contributed by atoms with Crippen molar-refractivity contribution in [2.24, 2.45) is 0 Å². The van der Waals surface area contributed by atoms with Crippen molar-refractivity contribution in [3.63, 3.8) is 0 Å². The fourth-order valence-corrected chi connectivity index (χ4v) is 2.29. The van der Waals surface area contributed by atoms with Gasteiger partial charge in [-0.15, -0.1) is 0 Å². The van der Waals surface area contributed by atoms with Gasteiger partial charge in [0.05, 0.1) is 19.3 Å². The molecule has 1 unspecified atom stereocenters. The first-order chi connectivity index (χ1) is 9.65. The van der Waals surface area contributed by atoms with E-state index in [1.165, 1.54) is 0 Å². The number of hydrogen-bond acceptors (Lipinski definition) is 4. The molecule has 1 atom stereocenters. The van der Waals surface area contributed by atoms with E-state index in [2.05, 4.69) is 6.08 Å². The highest BCUT2D eigenvalue weighted by molar-refractivity contribution is 5.92. The first-order valence-corrected chi connectivity index (χ1v) is 6.87. The summed E-state index contributed by atoms with van der Waals surface area (Å²) in [5, 5.41) is 0. The maximum atomic E-state index is 11.9. The molecule has 0 aromatic heterocycles. The summed E-state index contributed by atoms with van der Waals surface area (Å²) >= 11 is 0. The minimum absolute atomic E-state index is 0.161. The molecule has 0 amide bonds. The van der Waals surface area contributed by atoms with E-state index in [-0.39, 0.29) is 12.1 Å². The molecule has 20 heavy (non-hydrogen) atoms. The molecule has 108 valence electrons. The van der Waals surface area contributed by atoms with Crippen LogP contribution in [-0.4, -0.2) is 25.8 Å². The molecule has 1 heterocycles. The summed E-state index contributed by atoms with van der Waals surface area (Å²) < 4.78 is 16.2. The molecule has 1 aliphatic heterocycles. The monoisotopic (exact) mass is 276 g/mol. The quantitative estimate of drug-likeness (QED) is 0.740. The molecule has 0 aromatic rings. The summed E-state index contributed by atoms with van der Waals surface area (Å²) in [6.45, 7) is 4.06. The van der Waals surface area contributed by atoms with E-state index < -0.39 is 0 Å². The lowest BCUT2D eigenvalue weighted by Crippen LogP contribution is -2.18. The third-order valence-corrected chi connectivity index (χ3v) is 3.17. The molecule has 4 nitrogen and oxygen atoms in total. The van der Waals surface area contributed by atoms with Gasteiger partial charge < -0.3 is 14.2 Å². The van der Waals surface area contributed by atoms with E-state index in [1.54, 1.807) is 26.2 Å². The summed E-state index contributed by atoms with van der Waals surface area (Å²) in [5.74, 6) is 1.18. The van der Waals surface area contributed by atoms with Gasteiger partial charge in [-0.2, -0.15) is 0 Å². The molecular formula is C16H20O4. The van der Waals surface area contributed by atoms with Crippen LogP contribution in [0.4, 0.5) is 0 Å². The van der Waals surface area contributed by atoms with Gasteiger partial charge in [0.1, 0.15) is 17.6 Å². The average molecular weight is 276 g/mol. The Balaban J connectivity index is 2.32. The minimum atomic E-state index is -0.314. The molecule has 0 N–H and O–H groups in total. The van der Waals surface area contributed by atoms with E-state index in [1.807, 2.05) is 13.0 Å². The summed E-state index contributed by atoms with van der Waals surface area (Å²) in [4.78, 5) is 11.9. The van der Waals surface area contributed by atoms with Crippen LogP contribution in [0.5, 0.6) is 0 Å². The molecule has 2 rings (SSSR count). The highest BCUT2D eigenvalue weighted by atomic mass is 16.5.